The monoisotopic (exact) mass is 467 g/mol. The van der Waals surface area contributed by atoms with Crippen LogP contribution in [0.25, 0.3) is 0 Å². The first-order valence-corrected chi connectivity index (χ1v) is 12.0. The molecule has 30 heavy (non-hydrogen) atoms. The number of hydrogen-bond acceptors (Lipinski definition) is 10. The number of benzene rings is 1. The number of rotatable bonds is 7. The van der Waals surface area contributed by atoms with E-state index in [0.29, 0.717) is 4.90 Å². The van der Waals surface area contributed by atoms with E-state index < -0.39 is 21.9 Å². The van der Waals surface area contributed by atoms with Gasteiger partial charge >= 0.3 is 5.97 Å². The van der Waals surface area contributed by atoms with Crippen molar-refractivity contribution in [1.82, 2.24) is 13.9 Å². The number of nitrogens with zero attached hydrogens (tertiary/aromatic N) is 3. The fraction of sp³-hybridized carbons (Fsp3) is 0.176. The highest BCUT2D eigenvalue weighted by Gasteiger charge is 2.18. The number of thiazole rings is 1. The summed E-state index contributed by atoms with van der Waals surface area (Å²) in [6, 6.07) is 4.72. The maximum Gasteiger partial charge on any atom is 0.357 e. The first kappa shape index (κ1) is 21.8. The van der Waals surface area contributed by atoms with Crippen LogP contribution < -0.4 is 11.1 Å². The Morgan fingerprint density at radius 2 is 2.13 bits per heavy atom. The summed E-state index contributed by atoms with van der Waals surface area (Å²) >= 11 is 2.15. The van der Waals surface area contributed by atoms with Crippen LogP contribution in [0.15, 0.2) is 46.0 Å². The van der Waals surface area contributed by atoms with Crippen molar-refractivity contribution in [3.63, 3.8) is 0 Å². The molecule has 0 saturated carbocycles. The molecule has 2 heterocycles. The summed E-state index contributed by atoms with van der Waals surface area (Å²) in [5, 5.41) is 4.52. The topological polar surface area (TPSA) is 146 Å². The fourth-order valence-corrected chi connectivity index (χ4v) is 4.88. The van der Waals surface area contributed by atoms with Gasteiger partial charge in [-0.25, -0.2) is 27.2 Å². The van der Waals surface area contributed by atoms with E-state index in [1.165, 1.54) is 29.9 Å². The predicted octanol–water partition coefficient (Wildman–Crippen LogP) is 2.31. The van der Waals surface area contributed by atoms with Gasteiger partial charge in [-0.05, 0) is 25.1 Å². The van der Waals surface area contributed by atoms with Crippen molar-refractivity contribution < 1.29 is 22.7 Å². The molecule has 0 radical (unpaired) electrons. The van der Waals surface area contributed by atoms with E-state index in [4.69, 9.17) is 10.5 Å². The molecule has 2 aromatic heterocycles. The molecule has 0 atom stereocenters. The molecule has 3 N–H and O–H groups in total. The molecule has 0 aliphatic rings. The average molecular weight is 468 g/mol. The van der Waals surface area contributed by atoms with Crippen molar-refractivity contribution in [2.24, 2.45) is 0 Å². The van der Waals surface area contributed by atoms with Gasteiger partial charge in [-0.3, -0.25) is 10.1 Å². The van der Waals surface area contributed by atoms with Crippen molar-refractivity contribution in [1.29, 1.82) is 0 Å². The molecule has 1 amide bonds. The number of amides is 1. The third-order valence-electron chi connectivity index (χ3n) is 3.62. The molecule has 1 aromatic carbocycles. The van der Waals surface area contributed by atoms with Gasteiger partial charge in [0.2, 0.25) is 10.0 Å². The number of nitrogens with one attached hydrogen (secondary N) is 1. The number of ether oxygens (including phenoxy) is 1. The van der Waals surface area contributed by atoms with Gasteiger partial charge in [-0.15, -0.1) is 11.3 Å². The van der Waals surface area contributed by atoms with Gasteiger partial charge < -0.3 is 10.5 Å². The number of aromatic nitrogens is 3. The van der Waals surface area contributed by atoms with Crippen molar-refractivity contribution in [3.05, 3.63) is 47.2 Å². The van der Waals surface area contributed by atoms with E-state index in [1.807, 2.05) is 0 Å². The Balaban J connectivity index is 1.79. The van der Waals surface area contributed by atoms with E-state index in [9.17, 15) is 18.0 Å². The first-order chi connectivity index (χ1) is 14.2. The summed E-state index contributed by atoms with van der Waals surface area (Å²) in [5.74, 6) is -1.10. The Hall–Kier alpha value is -2.90. The Morgan fingerprint density at radius 1 is 1.37 bits per heavy atom. The zero-order valence-electron chi connectivity index (χ0n) is 15.9. The maximum absolute atomic E-state index is 12.7. The number of nitrogens with two attached hydrogens (primary N) is 1. The molecule has 0 aliphatic heterocycles. The van der Waals surface area contributed by atoms with Crippen molar-refractivity contribution in [2.45, 2.75) is 17.0 Å². The summed E-state index contributed by atoms with van der Waals surface area (Å²) in [7, 11) is -3.51. The number of carbonyl (C=O) groups is 2. The Labute approximate surface area is 180 Å². The fourth-order valence-electron chi connectivity index (χ4n) is 2.30. The maximum atomic E-state index is 12.7. The highest BCUT2D eigenvalue weighted by molar-refractivity contribution is 8.00. The second-order valence-electron chi connectivity index (χ2n) is 5.83. The zero-order valence-corrected chi connectivity index (χ0v) is 18.3. The second kappa shape index (κ2) is 8.85. The molecule has 0 saturated heterocycles. The van der Waals surface area contributed by atoms with E-state index in [2.05, 4.69) is 15.3 Å². The average Bonchev–Trinajstić information content (AvgIpc) is 3.32. The highest BCUT2D eigenvalue weighted by Crippen LogP contribution is 2.30. The molecule has 158 valence electrons. The van der Waals surface area contributed by atoms with E-state index in [0.717, 1.165) is 33.3 Å². The van der Waals surface area contributed by atoms with Crippen LogP contribution in [-0.2, 0) is 14.8 Å². The number of carbonyl (C=O) groups excluding carboxylic acids is 2. The lowest BCUT2D eigenvalue weighted by atomic mass is 10.1. The van der Waals surface area contributed by atoms with Crippen molar-refractivity contribution in [3.8, 4) is 0 Å². The number of imidazole rings is 1. The van der Waals surface area contributed by atoms with Gasteiger partial charge in [0.05, 0.1) is 18.4 Å². The molecule has 0 bridgehead atoms. The van der Waals surface area contributed by atoms with Crippen molar-refractivity contribution >= 4 is 55.8 Å². The minimum absolute atomic E-state index is 0.0991. The van der Waals surface area contributed by atoms with Gasteiger partial charge in [0.15, 0.2) is 16.0 Å². The van der Waals surface area contributed by atoms with Crippen LogP contribution in [0.2, 0.25) is 0 Å². The predicted molar refractivity (Wildman–Crippen MR) is 113 cm³/mol. The van der Waals surface area contributed by atoms with Gasteiger partial charge in [0, 0.05) is 28.4 Å². The van der Waals surface area contributed by atoms with Crippen LogP contribution in [0.4, 0.5) is 10.8 Å². The zero-order chi connectivity index (χ0) is 21.9. The highest BCUT2D eigenvalue weighted by atomic mass is 32.2. The second-order valence-corrected chi connectivity index (χ2v) is 9.59. The molecule has 13 heteroatoms. The third-order valence-corrected chi connectivity index (χ3v) is 6.48. The Kier molecular flexibility index (Phi) is 6.43. The van der Waals surface area contributed by atoms with Gasteiger partial charge in [-0.2, -0.15) is 0 Å². The standard InChI is InChI=1S/C17H17N5O5S3/c1-3-27-15(24)13-9-28-16(20-13)21-14(23)11-8-10(4-5-12(11)18)29-17-19-6-7-22(17)30(2,25)26/h4-9H,3,18H2,1-2H3,(H,20,21,23). The Bertz CT molecular complexity index is 1200. The molecule has 0 unspecified atom stereocenters. The molecular weight excluding hydrogens is 450 g/mol. The van der Waals surface area contributed by atoms with Crippen LogP contribution in [0.1, 0.15) is 27.8 Å². The first-order valence-electron chi connectivity index (χ1n) is 8.44. The SMILES string of the molecule is CCOC(=O)c1csc(NC(=O)c2cc(Sc3nccn3S(C)(=O)=O)ccc2N)n1. The lowest BCUT2D eigenvalue weighted by Crippen LogP contribution is -2.14. The lowest BCUT2D eigenvalue weighted by Gasteiger charge is -2.09. The normalized spacial score (nSPS) is 11.3. The summed E-state index contributed by atoms with van der Waals surface area (Å²) in [6.07, 6.45) is 3.78. The smallest absolute Gasteiger partial charge is 0.357 e. The third kappa shape index (κ3) is 4.98. The lowest BCUT2D eigenvalue weighted by molar-refractivity contribution is 0.0520. The number of anilines is 2. The van der Waals surface area contributed by atoms with Crippen LogP contribution >= 0.6 is 23.1 Å². The van der Waals surface area contributed by atoms with Gasteiger partial charge in [0.1, 0.15) is 0 Å². The summed E-state index contributed by atoms with van der Waals surface area (Å²) in [5.41, 5.74) is 6.43. The summed E-state index contributed by atoms with van der Waals surface area (Å²) in [4.78, 5) is 33.0. The largest absolute Gasteiger partial charge is 0.461 e. The van der Waals surface area contributed by atoms with Gasteiger partial charge in [-0.1, -0.05) is 11.8 Å². The minimum atomic E-state index is -3.51. The van der Waals surface area contributed by atoms with Gasteiger partial charge in [0.25, 0.3) is 5.91 Å². The molecule has 0 spiro atoms. The molecular formula is C17H17N5O5S3. The number of hydrogen-bond donors (Lipinski definition) is 2. The number of esters is 1. The minimum Gasteiger partial charge on any atom is -0.461 e. The van der Waals surface area contributed by atoms with Crippen LogP contribution in [0.5, 0.6) is 0 Å². The summed E-state index contributed by atoms with van der Waals surface area (Å²) < 4.78 is 29.5. The van der Waals surface area contributed by atoms with E-state index in [1.54, 1.807) is 13.0 Å². The van der Waals surface area contributed by atoms with E-state index in [-0.39, 0.29) is 33.8 Å². The molecule has 10 nitrogen and oxygen atoms in total. The molecule has 3 rings (SSSR count). The van der Waals surface area contributed by atoms with Crippen molar-refractivity contribution in [2.75, 3.05) is 23.9 Å². The van der Waals surface area contributed by atoms with Crippen LogP contribution in [0, 0.1) is 0 Å². The Morgan fingerprint density at radius 3 is 2.83 bits per heavy atom. The van der Waals surface area contributed by atoms with Crippen LogP contribution in [-0.4, -0.2) is 47.1 Å². The van der Waals surface area contributed by atoms with E-state index >= 15 is 0 Å². The van der Waals surface area contributed by atoms with Crippen LogP contribution in [0.3, 0.4) is 0 Å². The summed E-state index contributed by atoms with van der Waals surface area (Å²) in [6.45, 7) is 1.90. The molecule has 0 fully saturated rings. The molecule has 3 aromatic rings. The number of nitrogen functional groups attached to an aromatic ring is 1. The molecule has 0 aliphatic carbocycles. The quantitative estimate of drug-likeness (QED) is 0.395.